The van der Waals surface area contributed by atoms with Crippen LogP contribution in [0.15, 0.2) is 54.6 Å². The molecular formula is C24H30N2O2. The van der Waals surface area contributed by atoms with Crippen LogP contribution in [0.4, 0.5) is 0 Å². The molecule has 148 valence electrons. The number of hydrogen-bond acceptors (Lipinski definition) is 3. The molecule has 28 heavy (non-hydrogen) atoms. The molecule has 2 aliphatic rings. The number of ether oxygens (including phenoxy) is 1. The number of para-hydroxylation sites is 1. The normalized spacial score (nSPS) is 21.8. The zero-order chi connectivity index (χ0) is 19.4. The maximum absolute atomic E-state index is 13.1. The maximum atomic E-state index is 13.1. The van der Waals surface area contributed by atoms with E-state index in [1.807, 2.05) is 18.2 Å². The van der Waals surface area contributed by atoms with Crippen molar-refractivity contribution in [1.29, 1.82) is 0 Å². The third-order valence-electron chi connectivity index (χ3n) is 6.46. The minimum absolute atomic E-state index is 0.0252. The van der Waals surface area contributed by atoms with E-state index in [4.69, 9.17) is 4.74 Å². The van der Waals surface area contributed by atoms with Gasteiger partial charge in [-0.2, -0.15) is 0 Å². The van der Waals surface area contributed by atoms with Crippen LogP contribution in [0.2, 0.25) is 0 Å². The van der Waals surface area contributed by atoms with Gasteiger partial charge in [0, 0.05) is 17.9 Å². The molecule has 1 atom stereocenters. The van der Waals surface area contributed by atoms with Gasteiger partial charge in [0.25, 0.3) is 0 Å². The number of nitrogens with zero attached hydrogens (tertiary/aromatic N) is 1. The minimum atomic E-state index is -0.0252. The summed E-state index contributed by atoms with van der Waals surface area (Å²) in [6, 6.07) is 18.8. The number of carbonyl (C=O) groups is 1. The van der Waals surface area contributed by atoms with E-state index >= 15 is 0 Å². The van der Waals surface area contributed by atoms with Crippen molar-refractivity contribution < 1.29 is 9.53 Å². The highest BCUT2D eigenvalue weighted by molar-refractivity contribution is 5.79. The molecule has 0 aliphatic carbocycles. The zero-order valence-electron chi connectivity index (χ0n) is 16.7. The van der Waals surface area contributed by atoms with Crippen molar-refractivity contribution in [2.75, 3.05) is 33.3 Å². The van der Waals surface area contributed by atoms with Gasteiger partial charge in [-0.25, -0.2) is 0 Å². The predicted octanol–water partition coefficient (Wildman–Crippen LogP) is 3.41. The first-order valence-electron chi connectivity index (χ1n) is 10.4. The first-order valence-corrected chi connectivity index (χ1v) is 10.4. The second-order valence-electron chi connectivity index (χ2n) is 8.31. The summed E-state index contributed by atoms with van der Waals surface area (Å²) in [6.07, 6.45) is 3.67. The second-order valence-corrected chi connectivity index (χ2v) is 8.31. The Morgan fingerprint density at radius 2 is 1.82 bits per heavy atom. The quantitative estimate of drug-likeness (QED) is 0.887. The lowest BCUT2D eigenvalue weighted by Gasteiger charge is -2.41. The van der Waals surface area contributed by atoms with Gasteiger partial charge in [0.1, 0.15) is 5.75 Å². The van der Waals surface area contributed by atoms with Crippen molar-refractivity contribution in [2.45, 2.75) is 31.1 Å². The Morgan fingerprint density at radius 3 is 2.61 bits per heavy atom. The lowest BCUT2D eigenvalue weighted by Crippen LogP contribution is -2.49. The van der Waals surface area contributed by atoms with Crippen LogP contribution in [0.25, 0.3) is 0 Å². The van der Waals surface area contributed by atoms with Gasteiger partial charge < -0.3 is 15.0 Å². The van der Waals surface area contributed by atoms with Crippen molar-refractivity contribution >= 4 is 5.91 Å². The van der Waals surface area contributed by atoms with E-state index in [1.165, 1.54) is 5.56 Å². The summed E-state index contributed by atoms with van der Waals surface area (Å²) in [7, 11) is 2.18. The highest BCUT2D eigenvalue weighted by Gasteiger charge is 2.36. The van der Waals surface area contributed by atoms with Crippen LogP contribution in [-0.2, 0) is 16.6 Å². The SMILES string of the molecule is CN1CCC(CNC(=O)C2CCOc3ccccc3C2)(c2ccccc2)CC1. The van der Waals surface area contributed by atoms with Crippen molar-refractivity contribution in [2.24, 2.45) is 5.92 Å². The molecule has 2 aromatic rings. The number of rotatable bonds is 4. The van der Waals surface area contributed by atoms with Crippen LogP contribution in [0.3, 0.4) is 0 Å². The van der Waals surface area contributed by atoms with Gasteiger partial charge in [-0.15, -0.1) is 0 Å². The zero-order valence-corrected chi connectivity index (χ0v) is 16.7. The van der Waals surface area contributed by atoms with Crippen LogP contribution in [0.1, 0.15) is 30.4 Å². The van der Waals surface area contributed by atoms with Crippen LogP contribution in [-0.4, -0.2) is 44.1 Å². The van der Waals surface area contributed by atoms with Crippen molar-refractivity contribution in [3.05, 3.63) is 65.7 Å². The third kappa shape index (κ3) is 4.07. The molecule has 1 saturated heterocycles. The molecule has 1 N–H and O–H groups in total. The average Bonchev–Trinajstić information content (AvgIpc) is 2.97. The number of likely N-dealkylation sites (tertiary alicyclic amines) is 1. The summed E-state index contributed by atoms with van der Waals surface area (Å²) < 4.78 is 5.84. The largest absolute Gasteiger partial charge is 0.493 e. The summed E-state index contributed by atoms with van der Waals surface area (Å²) >= 11 is 0. The van der Waals surface area contributed by atoms with E-state index in [1.54, 1.807) is 0 Å². The Labute approximate surface area is 167 Å². The summed E-state index contributed by atoms with van der Waals surface area (Å²) in [4.78, 5) is 15.4. The highest BCUT2D eigenvalue weighted by atomic mass is 16.5. The van der Waals surface area contributed by atoms with Gasteiger partial charge >= 0.3 is 0 Å². The molecule has 0 aromatic heterocycles. The van der Waals surface area contributed by atoms with Gasteiger partial charge in [0.05, 0.1) is 6.61 Å². The van der Waals surface area contributed by atoms with Crippen molar-refractivity contribution in [3.63, 3.8) is 0 Å². The predicted molar refractivity (Wildman–Crippen MR) is 112 cm³/mol. The van der Waals surface area contributed by atoms with Crippen LogP contribution in [0.5, 0.6) is 5.75 Å². The lowest BCUT2D eigenvalue weighted by molar-refractivity contribution is -0.125. The number of hydrogen-bond donors (Lipinski definition) is 1. The fourth-order valence-corrected chi connectivity index (χ4v) is 4.52. The fourth-order valence-electron chi connectivity index (χ4n) is 4.52. The number of amides is 1. The molecule has 4 heteroatoms. The van der Waals surface area contributed by atoms with Gasteiger partial charge in [0.15, 0.2) is 0 Å². The molecule has 0 spiro atoms. The molecule has 2 heterocycles. The first-order chi connectivity index (χ1) is 13.7. The molecule has 1 amide bonds. The molecule has 0 radical (unpaired) electrons. The summed E-state index contributed by atoms with van der Waals surface area (Å²) in [5.74, 6) is 1.06. The Morgan fingerprint density at radius 1 is 1.11 bits per heavy atom. The molecule has 4 nitrogen and oxygen atoms in total. The standard InChI is InChI=1S/C24H30N2O2/c1-26-14-12-24(13-15-26,21-8-3-2-4-9-21)18-25-23(27)20-11-16-28-22-10-6-5-7-19(22)17-20/h2-10,20H,11-18H2,1H3,(H,25,27). The molecule has 4 rings (SSSR count). The fraction of sp³-hybridized carbons (Fsp3) is 0.458. The molecule has 1 fully saturated rings. The molecule has 0 saturated carbocycles. The summed E-state index contributed by atoms with van der Waals surface area (Å²) in [6.45, 7) is 3.44. The number of fused-ring (bicyclic) bond motifs is 1. The molecule has 2 aliphatic heterocycles. The van der Waals surface area contributed by atoms with Gasteiger partial charge in [-0.1, -0.05) is 48.5 Å². The van der Waals surface area contributed by atoms with Crippen molar-refractivity contribution in [1.82, 2.24) is 10.2 Å². The van der Waals surface area contributed by atoms with E-state index in [-0.39, 0.29) is 17.2 Å². The second kappa shape index (κ2) is 8.36. The third-order valence-corrected chi connectivity index (χ3v) is 6.46. The van der Waals surface area contributed by atoms with E-state index < -0.39 is 0 Å². The Balaban J connectivity index is 1.46. The Kier molecular flexibility index (Phi) is 5.67. The topological polar surface area (TPSA) is 41.6 Å². The summed E-state index contributed by atoms with van der Waals surface area (Å²) in [5.41, 5.74) is 2.51. The van der Waals surface area contributed by atoms with Crippen LogP contribution < -0.4 is 10.1 Å². The Hall–Kier alpha value is -2.33. The molecule has 2 aromatic carbocycles. The molecule has 1 unspecified atom stereocenters. The number of nitrogens with one attached hydrogen (secondary N) is 1. The minimum Gasteiger partial charge on any atom is -0.493 e. The maximum Gasteiger partial charge on any atom is 0.223 e. The van der Waals surface area contributed by atoms with Crippen LogP contribution >= 0.6 is 0 Å². The highest BCUT2D eigenvalue weighted by Crippen LogP contribution is 2.35. The Bertz CT molecular complexity index is 797. The molecular weight excluding hydrogens is 348 g/mol. The van der Waals surface area contributed by atoms with Gasteiger partial charge in [-0.3, -0.25) is 4.79 Å². The van der Waals surface area contributed by atoms with E-state index in [0.29, 0.717) is 13.2 Å². The summed E-state index contributed by atoms with van der Waals surface area (Å²) in [5, 5.41) is 3.32. The first kappa shape index (κ1) is 19.0. The number of carbonyl (C=O) groups excluding carboxylic acids is 1. The smallest absolute Gasteiger partial charge is 0.223 e. The van der Waals surface area contributed by atoms with Gasteiger partial charge in [0.2, 0.25) is 5.91 Å². The van der Waals surface area contributed by atoms with E-state index in [9.17, 15) is 4.79 Å². The number of piperidine rings is 1. The monoisotopic (exact) mass is 378 g/mol. The van der Waals surface area contributed by atoms with Crippen molar-refractivity contribution in [3.8, 4) is 5.75 Å². The van der Waals surface area contributed by atoms with E-state index in [0.717, 1.165) is 50.1 Å². The number of benzene rings is 2. The van der Waals surface area contributed by atoms with E-state index in [2.05, 4.69) is 53.7 Å². The lowest BCUT2D eigenvalue weighted by atomic mass is 9.72. The molecule has 0 bridgehead atoms. The van der Waals surface area contributed by atoms with Gasteiger partial charge in [-0.05, 0) is 63.0 Å². The average molecular weight is 379 g/mol. The van der Waals surface area contributed by atoms with Crippen LogP contribution in [0, 0.1) is 5.92 Å².